The molecule has 0 radical (unpaired) electrons. The van der Waals surface area contributed by atoms with Crippen molar-refractivity contribution in [1.29, 1.82) is 0 Å². The zero-order valence-corrected chi connectivity index (χ0v) is 20.7. The van der Waals surface area contributed by atoms with Gasteiger partial charge in [0, 0.05) is 34.0 Å². The minimum Gasteiger partial charge on any atom is -0.478 e. The maximum atomic E-state index is 11.3. The Morgan fingerprint density at radius 1 is 1.03 bits per heavy atom. The van der Waals surface area contributed by atoms with Gasteiger partial charge in [0.05, 0.1) is 23.3 Å². The smallest absolute Gasteiger partial charge is 0.335 e. The number of rotatable bonds is 5. The average Bonchev–Trinajstić information content (AvgIpc) is 3.35. The van der Waals surface area contributed by atoms with Gasteiger partial charge in [-0.2, -0.15) is 0 Å². The Balaban J connectivity index is 1.65. The van der Waals surface area contributed by atoms with Crippen molar-refractivity contribution in [3.8, 4) is 5.69 Å². The van der Waals surface area contributed by atoms with Crippen LogP contribution in [-0.4, -0.2) is 25.7 Å². The Bertz CT molecular complexity index is 1400. The normalized spacial score (nSPS) is 17.5. The predicted octanol–water partition coefficient (Wildman–Crippen LogP) is 6.02. The maximum absolute atomic E-state index is 11.3. The SMILES string of the molecule is Cc1cc([C@@H]2[C@H](c3ccccn3)NC(=S)N2c2ccc(Cl)cc2)c(C)n1-c1ccc(C(=O)O)cc1. The van der Waals surface area contributed by atoms with Gasteiger partial charge < -0.3 is 19.9 Å². The van der Waals surface area contributed by atoms with Gasteiger partial charge in [-0.1, -0.05) is 17.7 Å². The number of hydrogen-bond acceptors (Lipinski definition) is 3. The van der Waals surface area contributed by atoms with Crippen molar-refractivity contribution in [3.05, 3.63) is 112 Å². The van der Waals surface area contributed by atoms with Crippen LogP contribution in [0.1, 0.15) is 45.1 Å². The summed E-state index contributed by atoms with van der Waals surface area (Å²) in [5, 5.41) is 14.0. The van der Waals surface area contributed by atoms with Crippen molar-refractivity contribution < 1.29 is 9.90 Å². The van der Waals surface area contributed by atoms with Crippen LogP contribution in [0.4, 0.5) is 5.69 Å². The lowest BCUT2D eigenvalue weighted by Crippen LogP contribution is -2.29. The van der Waals surface area contributed by atoms with Crippen LogP contribution in [0.2, 0.25) is 5.02 Å². The zero-order valence-electron chi connectivity index (χ0n) is 19.1. The molecule has 0 amide bonds. The number of benzene rings is 2. The molecule has 2 N–H and O–H groups in total. The molecule has 2 aromatic carbocycles. The quantitative estimate of drug-likeness (QED) is 0.325. The third kappa shape index (κ3) is 4.17. The molecular formula is C27H23ClN4O2S. The highest BCUT2D eigenvalue weighted by atomic mass is 35.5. The molecule has 4 aromatic rings. The van der Waals surface area contributed by atoms with E-state index in [1.807, 2.05) is 61.5 Å². The van der Waals surface area contributed by atoms with E-state index < -0.39 is 5.97 Å². The van der Waals surface area contributed by atoms with Crippen LogP contribution in [0.15, 0.2) is 79.0 Å². The second-order valence-electron chi connectivity index (χ2n) is 8.49. The number of nitrogens with one attached hydrogen (secondary N) is 1. The Hall–Kier alpha value is -3.68. The molecule has 3 heterocycles. The number of carbonyl (C=O) groups is 1. The van der Waals surface area contributed by atoms with Crippen molar-refractivity contribution in [2.24, 2.45) is 0 Å². The number of anilines is 1. The number of aromatic nitrogens is 2. The summed E-state index contributed by atoms with van der Waals surface area (Å²) in [5.41, 5.74) is 6.17. The molecule has 5 rings (SSSR count). The van der Waals surface area contributed by atoms with Crippen LogP contribution in [0.5, 0.6) is 0 Å². The lowest BCUT2D eigenvalue weighted by Gasteiger charge is -2.28. The minimum atomic E-state index is -0.944. The fraction of sp³-hybridized carbons (Fsp3) is 0.148. The van der Waals surface area contributed by atoms with E-state index in [4.69, 9.17) is 23.8 Å². The summed E-state index contributed by atoms with van der Waals surface area (Å²) in [6.45, 7) is 4.12. The zero-order chi connectivity index (χ0) is 24.7. The van der Waals surface area contributed by atoms with Gasteiger partial charge in [0.25, 0.3) is 0 Å². The number of aromatic carboxylic acids is 1. The molecule has 0 aliphatic carbocycles. The van der Waals surface area contributed by atoms with Crippen molar-refractivity contribution in [3.63, 3.8) is 0 Å². The van der Waals surface area contributed by atoms with Crippen molar-refractivity contribution in [2.45, 2.75) is 25.9 Å². The summed E-state index contributed by atoms with van der Waals surface area (Å²) in [4.78, 5) is 18.0. The summed E-state index contributed by atoms with van der Waals surface area (Å²) < 4.78 is 2.14. The number of carboxylic acids is 1. The van der Waals surface area contributed by atoms with Crippen LogP contribution in [-0.2, 0) is 0 Å². The van der Waals surface area contributed by atoms with Crippen molar-refractivity contribution in [1.82, 2.24) is 14.9 Å². The standard InChI is InChI=1S/C27H23ClN4O2S/c1-16-15-22(17(2)31(16)20-10-6-18(7-11-20)26(33)34)25-24(23-5-3-4-14-29-23)30-27(35)32(25)21-12-8-19(28)9-13-21/h3-15,24-25H,1-2H3,(H,30,35)(H,33,34)/t24-,25+/m0/s1. The minimum absolute atomic E-state index is 0.156. The molecule has 176 valence electrons. The van der Waals surface area contributed by atoms with Gasteiger partial charge in [-0.15, -0.1) is 0 Å². The van der Waals surface area contributed by atoms with Gasteiger partial charge in [-0.05, 0) is 98.4 Å². The Morgan fingerprint density at radius 2 is 1.71 bits per heavy atom. The molecule has 0 bridgehead atoms. The van der Waals surface area contributed by atoms with Crippen LogP contribution >= 0.6 is 23.8 Å². The molecule has 2 atom stereocenters. The van der Waals surface area contributed by atoms with E-state index >= 15 is 0 Å². The monoisotopic (exact) mass is 502 g/mol. The summed E-state index contributed by atoms with van der Waals surface area (Å²) in [5.74, 6) is -0.944. The molecule has 1 fully saturated rings. The van der Waals surface area contributed by atoms with Crippen molar-refractivity contribution >= 4 is 40.6 Å². The number of thiocarbonyl (C=S) groups is 1. The molecular weight excluding hydrogens is 480 g/mol. The number of carboxylic acid groups (broad SMARTS) is 1. The molecule has 2 aromatic heterocycles. The number of nitrogens with zero attached hydrogens (tertiary/aromatic N) is 3. The third-order valence-electron chi connectivity index (χ3n) is 6.36. The van der Waals surface area contributed by atoms with E-state index in [1.165, 1.54) is 0 Å². The molecule has 1 aliphatic rings. The van der Waals surface area contributed by atoms with E-state index in [2.05, 4.69) is 32.8 Å². The maximum Gasteiger partial charge on any atom is 0.335 e. The fourth-order valence-electron chi connectivity index (χ4n) is 4.79. The molecule has 0 unspecified atom stereocenters. The Morgan fingerprint density at radius 3 is 2.34 bits per heavy atom. The molecule has 0 saturated carbocycles. The molecule has 8 heteroatoms. The van der Waals surface area contributed by atoms with E-state index in [1.54, 1.807) is 18.3 Å². The van der Waals surface area contributed by atoms with Gasteiger partial charge >= 0.3 is 5.97 Å². The largest absolute Gasteiger partial charge is 0.478 e. The topological polar surface area (TPSA) is 70.4 Å². The molecule has 1 saturated heterocycles. The molecule has 35 heavy (non-hydrogen) atoms. The second kappa shape index (κ2) is 9.17. The first-order valence-electron chi connectivity index (χ1n) is 11.1. The van der Waals surface area contributed by atoms with E-state index in [-0.39, 0.29) is 17.6 Å². The number of pyridine rings is 1. The number of aryl methyl sites for hydroxylation is 1. The molecule has 0 spiro atoms. The van der Waals surface area contributed by atoms with Gasteiger partial charge in [-0.25, -0.2) is 4.79 Å². The van der Waals surface area contributed by atoms with Gasteiger partial charge in [0.15, 0.2) is 5.11 Å². The Labute approximate surface area is 213 Å². The highest BCUT2D eigenvalue weighted by Gasteiger charge is 2.42. The van der Waals surface area contributed by atoms with Gasteiger partial charge in [0.1, 0.15) is 0 Å². The van der Waals surface area contributed by atoms with E-state index in [0.717, 1.165) is 34.0 Å². The summed E-state index contributed by atoms with van der Waals surface area (Å²) in [6.07, 6.45) is 1.79. The average molecular weight is 503 g/mol. The van der Waals surface area contributed by atoms with E-state index in [9.17, 15) is 9.90 Å². The number of halogens is 1. The van der Waals surface area contributed by atoms with Gasteiger partial charge in [0.2, 0.25) is 0 Å². The van der Waals surface area contributed by atoms with Crippen LogP contribution < -0.4 is 10.2 Å². The predicted molar refractivity (Wildman–Crippen MR) is 142 cm³/mol. The first-order valence-corrected chi connectivity index (χ1v) is 11.9. The fourth-order valence-corrected chi connectivity index (χ4v) is 5.26. The lowest BCUT2D eigenvalue weighted by atomic mass is 9.96. The number of hydrogen-bond donors (Lipinski definition) is 2. The highest BCUT2D eigenvalue weighted by molar-refractivity contribution is 7.80. The summed E-state index contributed by atoms with van der Waals surface area (Å²) >= 11 is 12.0. The second-order valence-corrected chi connectivity index (χ2v) is 9.31. The molecule has 6 nitrogen and oxygen atoms in total. The van der Waals surface area contributed by atoms with Crippen LogP contribution in [0, 0.1) is 13.8 Å². The van der Waals surface area contributed by atoms with Crippen LogP contribution in [0.3, 0.4) is 0 Å². The molecule has 1 aliphatic heterocycles. The summed E-state index contributed by atoms with van der Waals surface area (Å²) in [6, 6.07) is 22.3. The highest BCUT2D eigenvalue weighted by Crippen LogP contribution is 2.43. The first kappa shape index (κ1) is 23.1. The van der Waals surface area contributed by atoms with Crippen molar-refractivity contribution in [2.75, 3.05) is 4.90 Å². The Kier molecular flexibility index (Phi) is 6.05. The summed E-state index contributed by atoms with van der Waals surface area (Å²) in [7, 11) is 0. The lowest BCUT2D eigenvalue weighted by molar-refractivity contribution is 0.0697. The van der Waals surface area contributed by atoms with Crippen LogP contribution in [0.25, 0.3) is 5.69 Å². The first-order chi connectivity index (χ1) is 16.8. The third-order valence-corrected chi connectivity index (χ3v) is 6.93. The van der Waals surface area contributed by atoms with E-state index in [0.29, 0.717) is 10.1 Å². The van der Waals surface area contributed by atoms with Gasteiger partial charge in [-0.3, -0.25) is 4.98 Å².